The van der Waals surface area contributed by atoms with Gasteiger partial charge in [-0.1, -0.05) is 280 Å². The van der Waals surface area contributed by atoms with Crippen LogP contribution in [0.3, 0.4) is 0 Å². The standard InChI is InChI=1S/C67H118O6/c1-4-7-10-13-16-19-22-25-28-31-34-37-39-42-45-48-51-54-57-60-66(69)72-63-64(73-67(70)61-58-55-52-49-46-43-40-36-33-30-27-24-21-18-15-12-9-6-3)62-71-65(68)59-56-53-50-47-44-41-38-35-32-29-26-23-20-17-14-11-8-5-2/h7,10,16,19,25,28,34,36-37,40,42,45,64H,4-6,8-9,11-15,17-18,20-24,26-27,29-33,35,38-39,41,43-44,46-63H2,1-3H3/b10-7-,19-16-,28-25-,37-34-,40-36-,45-42-. The number of esters is 3. The molecule has 73 heavy (non-hydrogen) atoms. The van der Waals surface area contributed by atoms with E-state index in [9.17, 15) is 14.4 Å². The summed E-state index contributed by atoms with van der Waals surface area (Å²) in [7, 11) is 0. The van der Waals surface area contributed by atoms with Gasteiger partial charge in [0.15, 0.2) is 6.10 Å². The third-order valence-corrected chi connectivity index (χ3v) is 13.7. The number of allylic oxidation sites excluding steroid dienone is 12. The summed E-state index contributed by atoms with van der Waals surface area (Å²) in [4.78, 5) is 38.3. The molecule has 0 aliphatic rings. The molecule has 0 saturated heterocycles. The molecule has 0 radical (unpaired) electrons. The average molecular weight is 1020 g/mol. The maximum Gasteiger partial charge on any atom is 0.306 e. The van der Waals surface area contributed by atoms with Crippen molar-refractivity contribution in [3.63, 3.8) is 0 Å². The van der Waals surface area contributed by atoms with Gasteiger partial charge in [-0.3, -0.25) is 14.4 Å². The van der Waals surface area contributed by atoms with Gasteiger partial charge in [0.25, 0.3) is 0 Å². The number of unbranched alkanes of at least 4 members (excludes halogenated alkanes) is 34. The maximum absolute atomic E-state index is 12.9. The summed E-state index contributed by atoms with van der Waals surface area (Å²) in [6, 6.07) is 0. The maximum atomic E-state index is 12.9. The SMILES string of the molecule is CC/C=C\C/C=C\C/C=C\C/C=C\C/C=C\CCCCCC(=O)OCC(COC(=O)CCCCCCCCCCCCCCCCCCCC)OC(=O)CCCCCCC/C=C\CCCCCCCCCCC. The fourth-order valence-corrected chi connectivity index (χ4v) is 9.00. The number of carbonyl (C=O) groups excluding carboxylic acids is 3. The van der Waals surface area contributed by atoms with Crippen molar-refractivity contribution >= 4 is 17.9 Å². The smallest absolute Gasteiger partial charge is 0.306 e. The summed E-state index contributed by atoms with van der Waals surface area (Å²) in [5.41, 5.74) is 0. The number of hydrogen-bond donors (Lipinski definition) is 0. The van der Waals surface area contributed by atoms with Crippen LogP contribution in [0.2, 0.25) is 0 Å². The number of rotatable bonds is 57. The monoisotopic (exact) mass is 1020 g/mol. The van der Waals surface area contributed by atoms with Gasteiger partial charge in [-0.15, -0.1) is 0 Å². The summed E-state index contributed by atoms with van der Waals surface area (Å²) in [5, 5.41) is 0. The summed E-state index contributed by atoms with van der Waals surface area (Å²) < 4.78 is 16.9. The third-order valence-electron chi connectivity index (χ3n) is 13.7. The zero-order chi connectivity index (χ0) is 52.9. The topological polar surface area (TPSA) is 78.9 Å². The van der Waals surface area contributed by atoms with E-state index < -0.39 is 6.10 Å². The van der Waals surface area contributed by atoms with Crippen molar-refractivity contribution in [1.29, 1.82) is 0 Å². The van der Waals surface area contributed by atoms with E-state index in [4.69, 9.17) is 14.2 Å². The first-order chi connectivity index (χ1) is 36.0. The van der Waals surface area contributed by atoms with Crippen LogP contribution in [0.1, 0.15) is 316 Å². The highest BCUT2D eigenvalue weighted by molar-refractivity contribution is 5.71. The molecule has 0 amide bonds. The fourth-order valence-electron chi connectivity index (χ4n) is 9.00. The molecule has 0 aromatic heterocycles. The minimum absolute atomic E-state index is 0.0865. The van der Waals surface area contributed by atoms with Gasteiger partial charge in [-0.05, 0) is 89.9 Å². The second kappa shape index (κ2) is 61.4. The van der Waals surface area contributed by atoms with E-state index in [2.05, 4.69) is 93.7 Å². The molecule has 0 fully saturated rings. The highest BCUT2D eigenvalue weighted by atomic mass is 16.6. The molecule has 422 valence electrons. The molecule has 0 saturated carbocycles. The van der Waals surface area contributed by atoms with E-state index in [0.717, 1.165) is 109 Å². The first-order valence-corrected chi connectivity index (χ1v) is 31.4. The number of ether oxygens (including phenoxy) is 3. The zero-order valence-electron chi connectivity index (χ0n) is 48.4. The van der Waals surface area contributed by atoms with Gasteiger partial charge in [-0.2, -0.15) is 0 Å². The summed E-state index contributed by atoms with van der Waals surface area (Å²) >= 11 is 0. The van der Waals surface area contributed by atoms with Crippen molar-refractivity contribution in [1.82, 2.24) is 0 Å². The van der Waals surface area contributed by atoms with Crippen LogP contribution in [0, 0.1) is 0 Å². The van der Waals surface area contributed by atoms with E-state index in [-0.39, 0.29) is 31.1 Å². The normalized spacial score (nSPS) is 12.5. The first-order valence-electron chi connectivity index (χ1n) is 31.4. The molecule has 0 heterocycles. The Hall–Kier alpha value is -3.15. The second-order valence-corrected chi connectivity index (χ2v) is 20.9. The molecule has 0 aliphatic heterocycles. The summed E-state index contributed by atoms with van der Waals surface area (Å²) in [6.45, 7) is 6.54. The molecule has 0 aliphatic carbocycles. The Kier molecular flexibility index (Phi) is 58.7. The van der Waals surface area contributed by atoms with Crippen LogP contribution < -0.4 is 0 Å². The number of hydrogen-bond acceptors (Lipinski definition) is 6. The van der Waals surface area contributed by atoms with Gasteiger partial charge in [0.1, 0.15) is 13.2 Å². The molecule has 0 bridgehead atoms. The minimum Gasteiger partial charge on any atom is -0.462 e. The van der Waals surface area contributed by atoms with Crippen molar-refractivity contribution in [2.24, 2.45) is 0 Å². The minimum atomic E-state index is -0.793. The van der Waals surface area contributed by atoms with E-state index in [1.807, 2.05) is 0 Å². The van der Waals surface area contributed by atoms with Crippen molar-refractivity contribution in [2.45, 2.75) is 322 Å². The lowest BCUT2D eigenvalue weighted by molar-refractivity contribution is -0.167. The molecular weight excluding hydrogens is 901 g/mol. The van der Waals surface area contributed by atoms with Crippen LogP contribution in [0.15, 0.2) is 72.9 Å². The van der Waals surface area contributed by atoms with E-state index in [0.29, 0.717) is 19.3 Å². The lowest BCUT2D eigenvalue weighted by Gasteiger charge is -2.18. The molecule has 6 nitrogen and oxygen atoms in total. The number of carbonyl (C=O) groups is 3. The Morgan fingerprint density at radius 1 is 0.288 bits per heavy atom. The molecule has 1 unspecified atom stereocenters. The van der Waals surface area contributed by atoms with Crippen molar-refractivity contribution in [3.05, 3.63) is 72.9 Å². The van der Waals surface area contributed by atoms with E-state index in [1.54, 1.807) is 0 Å². The van der Waals surface area contributed by atoms with Gasteiger partial charge in [0.05, 0.1) is 0 Å². The summed E-state index contributed by atoms with van der Waals surface area (Å²) in [5.74, 6) is -0.913. The Morgan fingerprint density at radius 2 is 0.534 bits per heavy atom. The average Bonchev–Trinajstić information content (AvgIpc) is 3.39. The van der Waals surface area contributed by atoms with Crippen LogP contribution in [0.4, 0.5) is 0 Å². The van der Waals surface area contributed by atoms with Crippen LogP contribution >= 0.6 is 0 Å². The Morgan fingerprint density at radius 3 is 0.863 bits per heavy atom. The van der Waals surface area contributed by atoms with Gasteiger partial charge in [-0.25, -0.2) is 0 Å². The van der Waals surface area contributed by atoms with Crippen molar-refractivity contribution in [2.75, 3.05) is 13.2 Å². The van der Waals surface area contributed by atoms with Gasteiger partial charge >= 0.3 is 17.9 Å². The van der Waals surface area contributed by atoms with Gasteiger partial charge in [0.2, 0.25) is 0 Å². The first kappa shape index (κ1) is 69.8. The lowest BCUT2D eigenvalue weighted by Crippen LogP contribution is -2.30. The Balaban J connectivity index is 4.43. The molecule has 6 heteroatoms. The predicted octanol–water partition coefficient (Wildman–Crippen LogP) is 21.3. The highest BCUT2D eigenvalue weighted by Gasteiger charge is 2.19. The largest absolute Gasteiger partial charge is 0.462 e. The van der Waals surface area contributed by atoms with Crippen LogP contribution in [-0.4, -0.2) is 37.2 Å². The van der Waals surface area contributed by atoms with Gasteiger partial charge in [0, 0.05) is 19.3 Å². The quantitative estimate of drug-likeness (QED) is 0.0261. The summed E-state index contributed by atoms with van der Waals surface area (Å²) in [6.07, 6.45) is 79.0. The molecule has 0 aromatic rings. The third kappa shape index (κ3) is 59.6. The molecular formula is C67H118O6. The van der Waals surface area contributed by atoms with E-state index >= 15 is 0 Å². The molecule has 0 rings (SSSR count). The zero-order valence-corrected chi connectivity index (χ0v) is 48.4. The van der Waals surface area contributed by atoms with Crippen LogP contribution in [0.25, 0.3) is 0 Å². The fraction of sp³-hybridized carbons (Fsp3) is 0.776. The molecule has 0 N–H and O–H groups in total. The van der Waals surface area contributed by atoms with Crippen molar-refractivity contribution < 1.29 is 28.6 Å². The van der Waals surface area contributed by atoms with Crippen molar-refractivity contribution in [3.8, 4) is 0 Å². The second-order valence-electron chi connectivity index (χ2n) is 20.9. The lowest BCUT2D eigenvalue weighted by atomic mass is 10.0. The Bertz CT molecular complexity index is 1360. The predicted molar refractivity (Wildman–Crippen MR) is 316 cm³/mol. The van der Waals surface area contributed by atoms with Crippen LogP contribution in [0.5, 0.6) is 0 Å². The molecule has 1 atom stereocenters. The highest BCUT2D eigenvalue weighted by Crippen LogP contribution is 2.17. The Labute approximate surface area is 453 Å². The van der Waals surface area contributed by atoms with E-state index in [1.165, 1.54) is 167 Å². The molecule has 0 aromatic carbocycles. The molecule has 0 spiro atoms. The van der Waals surface area contributed by atoms with Crippen LogP contribution in [-0.2, 0) is 28.6 Å². The van der Waals surface area contributed by atoms with Gasteiger partial charge < -0.3 is 14.2 Å².